The predicted octanol–water partition coefficient (Wildman–Crippen LogP) is 5.85. The van der Waals surface area contributed by atoms with E-state index in [4.69, 9.17) is 14.7 Å². The molecule has 206 valence electrons. The number of anilines is 1. The SMILES string of the molecule is Cc1cccc2cccc(-c3ccc4c(N5C[C@H]6CC[C@@H](C5)N6)nc(OCC56CCCN5CCC6)nc4c3F)c12. The van der Waals surface area contributed by atoms with Crippen LogP contribution in [0.15, 0.2) is 48.5 Å². The van der Waals surface area contributed by atoms with E-state index in [-0.39, 0.29) is 11.4 Å². The second-order valence-corrected chi connectivity index (χ2v) is 12.4. The summed E-state index contributed by atoms with van der Waals surface area (Å²) in [5.41, 5.74) is 3.02. The van der Waals surface area contributed by atoms with Crippen molar-refractivity contribution in [3.05, 3.63) is 59.9 Å². The largest absolute Gasteiger partial charge is 0.461 e. The number of piperazine rings is 1. The van der Waals surface area contributed by atoms with Crippen LogP contribution in [0.2, 0.25) is 0 Å². The normalized spacial score (nSPS) is 23.8. The van der Waals surface area contributed by atoms with E-state index in [9.17, 15) is 0 Å². The number of benzene rings is 3. The monoisotopic (exact) mass is 537 g/mol. The Bertz CT molecular complexity index is 1590. The zero-order valence-electron chi connectivity index (χ0n) is 23.1. The van der Waals surface area contributed by atoms with Crippen molar-refractivity contribution in [1.82, 2.24) is 20.2 Å². The van der Waals surface area contributed by atoms with Crippen LogP contribution >= 0.6 is 0 Å². The number of hydrogen-bond donors (Lipinski definition) is 1. The third-order valence-electron chi connectivity index (χ3n) is 9.97. The number of rotatable bonds is 5. The number of halogens is 1. The first kappa shape index (κ1) is 24.5. The van der Waals surface area contributed by atoms with Crippen molar-refractivity contribution in [2.45, 2.75) is 63.1 Å². The Kier molecular flexibility index (Phi) is 5.75. The van der Waals surface area contributed by atoms with Gasteiger partial charge in [-0.3, -0.25) is 4.90 Å². The molecule has 0 radical (unpaired) electrons. The van der Waals surface area contributed by atoms with E-state index in [0.717, 1.165) is 72.1 Å². The molecule has 4 fully saturated rings. The summed E-state index contributed by atoms with van der Waals surface area (Å²) in [6.07, 6.45) is 7.05. The molecule has 0 spiro atoms. The predicted molar refractivity (Wildman–Crippen MR) is 158 cm³/mol. The fraction of sp³-hybridized carbons (Fsp3) is 0.455. The molecule has 6 nitrogen and oxygen atoms in total. The molecule has 8 rings (SSSR count). The Morgan fingerprint density at radius 2 is 1.70 bits per heavy atom. The number of nitrogens with one attached hydrogen (secondary N) is 1. The number of hydrogen-bond acceptors (Lipinski definition) is 6. The lowest BCUT2D eigenvalue weighted by molar-refractivity contribution is 0.108. The summed E-state index contributed by atoms with van der Waals surface area (Å²) >= 11 is 0. The van der Waals surface area contributed by atoms with Gasteiger partial charge in [-0.05, 0) is 86.5 Å². The summed E-state index contributed by atoms with van der Waals surface area (Å²) < 4.78 is 23.1. The topological polar surface area (TPSA) is 53.5 Å². The molecular weight excluding hydrogens is 501 g/mol. The Morgan fingerprint density at radius 1 is 0.950 bits per heavy atom. The molecule has 40 heavy (non-hydrogen) atoms. The Hall–Kier alpha value is -3.29. The van der Waals surface area contributed by atoms with E-state index in [0.29, 0.717) is 35.8 Å². The average molecular weight is 538 g/mol. The fourth-order valence-corrected chi connectivity index (χ4v) is 8.02. The highest BCUT2D eigenvalue weighted by molar-refractivity contribution is 6.02. The summed E-state index contributed by atoms with van der Waals surface area (Å²) in [4.78, 5) is 14.7. The number of ether oxygens (including phenoxy) is 1. The molecule has 4 saturated heterocycles. The summed E-state index contributed by atoms with van der Waals surface area (Å²) in [6, 6.07) is 17.5. The van der Waals surface area contributed by atoms with Crippen LogP contribution in [-0.4, -0.2) is 65.3 Å². The fourth-order valence-electron chi connectivity index (χ4n) is 8.02. The standard InChI is InChI=1S/C33H36FN5O/c1-21-6-2-7-22-8-3-9-25(28(21)22)26-12-13-27-30(29(26)34)36-32(40-20-33-14-4-16-39(33)17-5-15-33)37-31(27)38-18-23-10-11-24(19-38)35-23/h2-3,6-9,12-13,23-24,35H,4-5,10-11,14-20H2,1H3/t23-,24+. The van der Waals surface area contributed by atoms with E-state index >= 15 is 4.39 Å². The first-order chi connectivity index (χ1) is 19.6. The Balaban J connectivity index is 1.25. The molecule has 2 atom stereocenters. The van der Waals surface area contributed by atoms with Crippen molar-refractivity contribution in [3.8, 4) is 17.1 Å². The van der Waals surface area contributed by atoms with Gasteiger partial charge in [0.1, 0.15) is 17.9 Å². The van der Waals surface area contributed by atoms with Crippen molar-refractivity contribution in [2.75, 3.05) is 37.7 Å². The summed E-state index contributed by atoms with van der Waals surface area (Å²) in [7, 11) is 0. The molecule has 1 aromatic heterocycles. The molecular formula is C33H36FN5O. The number of aryl methyl sites for hydroxylation is 1. The molecule has 7 heteroatoms. The molecule has 5 heterocycles. The van der Waals surface area contributed by atoms with Crippen LogP contribution in [0.3, 0.4) is 0 Å². The van der Waals surface area contributed by atoms with E-state index in [1.54, 1.807) is 0 Å². The van der Waals surface area contributed by atoms with Gasteiger partial charge < -0.3 is 15.0 Å². The molecule has 4 aliphatic rings. The zero-order chi connectivity index (χ0) is 26.8. The van der Waals surface area contributed by atoms with Crippen LogP contribution < -0.4 is 15.0 Å². The second kappa shape index (κ2) is 9.38. The lowest BCUT2D eigenvalue weighted by atomic mass is 9.94. The second-order valence-electron chi connectivity index (χ2n) is 12.4. The van der Waals surface area contributed by atoms with Crippen LogP contribution in [0.1, 0.15) is 44.1 Å². The number of aromatic nitrogens is 2. The lowest BCUT2D eigenvalue weighted by Gasteiger charge is -2.34. The molecule has 3 aromatic carbocycles. The summed E-state index contributed by atoms with van der Waals surface area (Å²) in [6.45, 7) is 6.66. The maximum Gasteiger partial charge on any atom is 0.319 e. The van der Waals surface area contributed by atoms with Gasteiger partial charge in [0.2, 0.25) is 0 Å². The van der Waals surface area contributed by atoms with E-state index < -0.39 is 0 Å². The minimum absolute atomic E-state index is 0.0769. The maximum absolute atomic E-state index is 16.7. The van der Waals surface area contributed by atoms with Crippen molar-refractivity contribution >= 4 is 27.5 Å². The number of nitrogens with zero attached hydrogens (tertiary/aromatic N) is 4. The van der Waals surface area contributed by atoms with E-state index in [1.165, 1.54) is 25.7 Å². The quantitative estimate of drug-likeness (QED) is 0.345. The third-order valence-corrected chi connectivity index (χ3v) is 9.97. The summed E-state index contributed by atoms with van der Waals surface area (Å²) in [5.74, 6) is 0.492. The number of fused-ring (bicyclic) bond motifs is 5. The smallest absolute Gasteiger partial charge is 0.319 e. The van der Waals surface area contributed by atoms with E-state index in [1.807, 2.05) is 24.3 Å². The van der Waals surface area contributed by atoms with Crippen LogP contribution in [0.25, 0.3) is 32.8 Å². The highest BCUT2D eigenvalue weighted by Crippen LogP contribution is 2.41. The first-order valence-electron chi connectivity index (χ1n) is 15.0. The molecule has 2 bridgehead atoms. The molecule has 0 saturated carbocycles. The zero-order valence-corrected chi connectivity index (χ0v) is 23.1. The average Bonchev–Trinajstić information content (AvgIpc) is 3.65. The maximum atomic E-state index is 16.7. The van der Waals surface area contributed by atoms with Crippen LogP contribution in [0, 0.1) is 12.7 Å². The highest BCUT2D eigenvalue weighted by Gasteiger charge is 2.45. The Labute approximate surface area is 234 Å². The minimum atomic E-state index is -0.304. The van der Waals surface area contributed by atoms with E-state index in [2.05, 4.69) is 46.3 Å². The lowest BCUT2D eigenvalue weighted by Crippen LogP contribution is -2.51. The molecule has 0 aliphatic carbocycles. The van der Waals surface area contributed by atoms with Gasteiger partial charge in [0.15, 0.2) is 5.82 Å². The first-order valence-corrected chi connectivity index (χ1v) is 15.0. The van der Waals surface area contributed by atoms with Gasteiger partial charge in [-0.2, -0.15) is 9.97 Å². The van der Waals surface area contributed by atoms with Gasteiger partial charge in [0.05, 0.1) is 5.54 Å². The van der Waals surface area contributed by atoms with Crippen molar-refractivity contribution in [3.63, 3.8) is 0 Å². The Morgan fingerprint density at radius 3 is 2.48 bits per heavy atom. The molecule has 0 unspecified atom stereocenters. The van der Waals surface area contributed by atoms with Crippen LogP contribution in [0.4, 0.5) is 10.2 Å². The van der Waals surface area contributed by atoms with Gasteiger partial charge in [-0.25, -0.2) is 4.39 Å². The van der Waals surface area contributed by atoms with Crippen molar-refractivity contribution in [2.24, 2.45) is 0 Å². The van der Waals surface area contributed by atoms with Gasteiger partial charge in [-0.1, -0.05) is 42.5 Å². The molecule has 4 aliphatic heterocycles. The van der Waals surface area contributed by atoms with Gasteiger partial charge in [0, 0.05) is 36.1 Å². The van der Waals surface area contributed by atoms with Crippen molar-refractivity contribution < 1.29 is 9.13 Å². The van der Waals surface area contributed by atoms with Crippen molar-refractivity contribution in [1.29, 1.82) is 0 Å². The van der Waals surface area contributed by atoms with Gasteiger partial charge in [0.25, 0.3) is 0 Å². The minimum Gasteiger partial charge on any atom is -0.461 e. The van der Waals surface area contributed by atoms with Crippen LogP contribution in [-0.2, 0) is 0 Å². The molecule has 4 aromatic rings. The molecule has 1 N–H and O–H groups in total. The van der Waals surface area contributed by atoms with Gasteiger partial charge in [-0.15, -0.1) is 0 Å². The molecule has 0 amide bonds. The highest BCUT2D eigenvalue weighted by atomic mass is 19.1. The summed E-state index contributed by atoms with van der Waals surface area (Å²) in [5, 5.41) is 6.65. The van der Waals surface area contributed by atoms with Crippen LogP contribution in [0.5, 0.6) is 6.01 Å². The third kappa shape index (κ3) is 3.89. The van der Waals surface area contributed by atoms with Gasteiger partial charge >= 0.3 is 6.01 Å².